The van der Waals surface area contributed by atoms with Gasteiger partial charge in [-0.2, -0.15) is 0 Å². The van der Waals surface area contributed by atoms with Crippen LogP contribution in [0.4, 0.5) is 5.69 Å². The van der Waals surface area contributed by atoms with Gasteiger partial charge in [0.1, 0.15) is 5.75 Å². The highest BCUT2D eigenvalue weighted by atomic mass is 16.4. The molecule has 0 heterocycles. The van der Waals surface area contributed by atoms with Crippen molar-refractivity contribution in [3.8, 4) is 5.75 Å². The summed E-state index contributed by atoms with van der Waals surface area (Å²) in [6.07, 6.45) is 0.386. The van der Waals surface area contributed by atoms with Gasteiger partial charge in [0.05, 0.1) is 11.8 Å². The second-order valence-corrected chi connectivity index (χ2v) is 4.95. The minimum absolute atomic E-state index is 0.147. The average molecular weight is 271 g/mol. The molecule has 2 atom stereocenters. The van der Waals surface area contributed by atoms with Crippen molar-refractivity contribution in [2.75, 3.05) is 5.32 Å². The van der Waals surface area contributed by atoms with E-state index in [0.29, 0.717) is 17.5 Å². The van der Waals surface area contributed by atoms with E-state index in [2.05, 4.69) is 5.32 Å². The molecule has 0 bridgehead atoms. The van der Waals surface area contributed by atoms with Crippen molar-refractivity contribution in [3.05, 3.63) is 36.4 Å². The molecule has 20 heavy (non-hydrogen) atoms. The smallest absolute Gasteiger partial charge is 0.307 e. The first kappa shape index (κ1) is 12.5. The summed E-state index contributed by atoms with van der Waals surface area (Å²) in [5, 5.41) is 22.7. The van der Waals surface area contributed by atoms with Crippen LogP contribution in [-0.2, 0) is 9.59 Å². The van der Waals surface area contributed by atoms with Crippen LogP contribution >= 0.6 is 0 Å². The van der Waals surface area contributed by atoms with E-state index < -0.39 is 17.8 Å². The van der Waals surface area contributed by atoms with Crippen LogP contribution in [0.15, 0.2) is 36.4 Å². The molecule has 102 valence electrons. The van der Waals surface area contributed by atoms with Gasteiger partial charge in [-0.15, -0.1) is 0 Å². The highest BCUT2D eigenvalue weighted by molar-refractivity contribution is 6.06. The van der Waals surface area contributed by atoms with Gasteiger partial charge in [0.2, 0.25) is 5.91 Å². The first-order valence-electron chi connectivity index (χ1n) is 6.32. The fraction of sp³-hybridized carbons (Fsp3) is 0.200. The quantitative estimate of drug-likeness (QED) is 0.798. The van der Waals surface area contributed by atoms with Gasteiger partial charge in [-0.05, 0) is 18.6 Å². The van der Waals surface area contributed by atoms with Gasteiger partial charge in [0, 0.05) is 16.5 Å². The molecular formula is C15H13NO4. The molecule has 3 N–H and O–H groups in total. The van der Waals surface area contributed by atoms with E-state index in [1.165, 1.54) is 0 Å². The summed E-state index contributed by atoms with van der Waals surface area (Å²) in [6, 6.07) is 10.3. The lowest BCUT2D eigenvalue weighted by atomic mass is 10.1. The number of fused-ring (bicyclic) bond motifs is 1. The second kappa shape index (κ2) is 4.52. The van der Waals surface area contributed by atoms with Crippen LogP contribution in [-0.4, -0.2) is 22.1 Å². The summed E-state index contributed by atoms with van der Waals surface area (Å²) in [7, 11) is 0. The number of amides is 1. The van der Waals surface area contributed by atoms with E-state index in [1.807, 2.05) is 0 Å². The Morgan fingerprint density at radius 2 is 1.75 bits per heavy atom. The Bertz CT molecular complexity index is 710. The van der Waals surface area contributed by atoms with Gasteiger partial charge < -0.3 is 15.5 Å². The summed E-state index contributed by atoms with van der Waals surface area (Å²) in [4.78, 5) is 22.8. The van der Waals surface area contributed by atoms with Crippen molar-refractivity contribution in [2.45, 2.75) is 6.42 Å². The molecule has 5 nitrogen and oxygen atoms in total. The molecule has 0 saturated heterocycles. The predicted molar refractivity (Wildman–Crippen MR) is 73.5 cm³/mol. The van der Waals surface area contributed by atoms with Crippen molar-refractivity contribution in [2.24, 2.45) is 11.8 Å². The number of carboxylic acid groups (broad SMARTS) is 1. The van der Waals surface area contributed by atoms with E-state index in [-0.39, 0.29) is 11.7 Å². The third-order valence-electron chi connectivity index (χ3n) is 3.60. The monoisotopic (exact) mass is 271 g/mol. The summed E-state index contributed by atoms with van der Waals surface area (Å²) in [5.41, 5.74) is 0.583. The summed E-state index contributed by atoms with van der Waals surface area (Å²) in [6.45, 7) is 0. The summed E-state index contributed by atoms with van der Waals surface area (Å²) >= 11 is 0. The lowest BCUT2D eigenvalue weighted by molar-refractivity contribution is -0.139. The first-order chi connectivity index (χ1) is 9.58. The minimum atomic E-state index is -0.930. The third kappa shape index (κ3) is 2.07. The Balaban J connectivity index is 1.87. The van der Waals surface area contributed by atoms with Gasteiger partial charge in [-0.1, -0.05) is 24.3 Å². The van der Waals surface area contributed by atoms with Crippen molar-refractivity contribution >= 4 is 28.3 Å². The zero-order chi connectivity index (χ0) is 14.3. The number of aromatic hydroxyl groups is 1. The Morgan fingerprint density at radius 3 is 2.45 bits per heavy atom. The summed E-state index contributed by atoms with van der Waals surface area (Å²) < 4.78 is 0. The molecular weight excluding hydrogens is 258 g/mol. The van der Waals surface area contributed by atoms with Crippen LogP contribution in [0.5, 0.6) is 5.75 Å². The molecule has 1 aliphatic carbocycles. The minimum Gasteiger partial charge on any atom is -0.507 e. The number of phenolic OH excluding ortho intramolecular Hbond substituents is 1. The molecule has 2 aromatic carbocycles. The zero-order valence-electron chi connectivity index (χ0n) is 10.5. The molecule has 1 saturated carbocycles. The number of rotatable bonds is 3. The Hall–Kier alpha value is -2.56. The standard InChI is InChI=1S/C15H13NO4/c17-13-6-2-3-8-9(13)4-1-5-12(8)16-14(18)10-7-11(10)15(19)20/h1-6,10-11,17H,7H2,(H,16,18)(H,19,20). The molecule has 2 unspecified atom stereocenters. The highest BCUT2D eigenvalue weighted by Gasteiger charge is 2.48. The maximum atomic E-state index is 12.0. The van der Waals surface area contributed by atoms with Crippen molar-refractivity contribution in [3.63, 3.8) is 0 Å². The summed E-state index contributed by atoms with van der Waals surface area (Å²) in [5.74, 6) is -2.10. The van der Waals surface area contributed by atoms with Crippen molar-refractivity contribution in [1.29, 1.82) is 0 Å². The van der Waals surface area contributed by atoms with Gasteiger partial charge in [0.15, 0.2) is 0 Å². The molecule has 0 radical (unpaired) electrons. The lowest BCUT2D eigenvalue weighted by Crippen LogP contribution is -2.16. The van der Waals surface area contributed by atoms with Gasteiger partial charge in [-0.3, -0.25) is 9.59 Å². The van der Waals surface area contributed by atoms with E-state index >= 15 is 0 Å². The lowest BCUT2D eigenvalue weighted by Gasteiger charge is -2.09. The fourth-order valence-electron chi connectivity index (χ4n) is 2.39. The van der Waals surface area contributed by atoms with Crippen molar-refractivity contribution < 1.29 is 19.8 Å². The Labute approximate surface area is 114 Å². The van der Waals surface area contributed by atoms with Crippen LogP contribution in [0.3, 0.4) is 0 Å². The van der Waals surface area contributed by atoms with Crippen molar-refractivity contribution in [1.82, 2.24) is 0 Å². The first-order valence-corrected chi connectivity index (χ1v) is 6.32. The number of phenols is 1. The number of benzene rings is 2. The molecule has 5 heteroatoms. The maximum absolute atomic E-state index is 12.0. The van der Waals surface area contributed by atoms with E-state index in [4.69, 9.17) is 5.11 Å². The van der Waals surface area contributed by atoms with E-state index in [0.717, 1.165) is 5.39 Å². The molecule has 0 aliphatic heterocycles. The molecule has 1 aliphatic rings. The number of hydrogen-bond acceptors (Lipinski definition) is 3. The normalized spacial score (nSPS) is 20.6. The molecule has 0 aromatic heterocycles. The van der Waals surface area contributed by atoms with Gasteiger partial charge in [0.25, 0.3) is 0 Å². The molecule has 1 amide bonds. The predicted octanol–water partition coefficient (Wildman–Crippen LogP) is 2.20. The largest absolute Gasteiger partial charge is 0.507 e. The second-order valence-electron chi connectivity index (χ2n) is 4.95. The van der Waals surface area contributed by atoms with E-state index in [9.17, 15) is 14.7 Å². The number of aliphatic carboxylic acids is 1. The van der Waals surface area contributed by atoms with Crippen LogP contribution in [0.25, 0.3) is 10.8 Å². The number of nitrogens with one attached hydrogen (secondary N) is 1. The molecule has 0 spiro atoms. The number of carbonyl (C=O) groups is 2. The topological polar surface area (TPSA) is 86.6 Å². The van der Waals surface area contributed by atoms with E-state index in [1.54, 1.807) is 36.4 Å². The zero-order valence-corrected chi connectivity index (χ0v) is 10.5. The highest BCUT2D eigenvalue weighted by Crippen LogP contribution is 2.40. The number of anilines is 1. The Kier molecular flexibility index (Phi) is 2.82. The number of carbonyl (C=O) groups excluding carboxylic acids is 1. The third-order valence-corrected chi connectivity index (χ3v) is 3.60. The molecule has 3 rings (SSSR count). The van der Waals surface area contributed by atoms with Crippen LogP contribution < -0.4 is 5.32 Å². The fourth-order valence-corrected chi connectivity index (χ4v) is 2.39. The molecule has 1 fully saturated rings. The van der Waals surface area contributed by atoms with Crippen LogP contribution in [0.2, 0.25) is 0 Å². The molecule has 2 aromatic rings. The van der Waals surface area contributed by atoms with Gasteiger partial charge >= 0.3 is 5.97 Å². The maximum Gasteiger partial charge on any atom is 0.307 e. The average Bonchev–Trinajstić information content (AvgIpc) is 3.20. The Morgan fingerprint density at radius 1 is 1.05 bits per heavy atom. The SMILES string of the molecule is O=C(O)C1CC1C(=O)Nc1cccc2c(O)cccc12. The number of carboxylic acids is 1. The number of hydrogen-bond donors (Lipinski definition) is 3. The van der Waals surface area contributed by atoms with Crippen LogP contribution in [0.1, 0.15) is 6.42 Å². The van der Waals surface area contributed by atoms with Crippen LogP contribution in [0, 0.1) is 11.8 Å². The van der Waals surface area contributed by atoms with Gasteiger partial charge in [-0.25, -0.2) is 0 Å².